The Kier molecular flexibility index (Phi) is 4.64. The number of hydrogen-bond acceptors (Lipinski definition) is 5. The largest absolute Gasteiger partial charge is 0.396 e. The molecule has 0 unspecified atom stereocenters. The van der Waals surface area contributed by atoms with E-state index in [1.807, 2.05) is 30.0 Å². The van der Waals surface area contributed by atoms with Crippen LogP contribution >= 0.6 is 23.1 Å². The lowest BCUT2D eigenvalue weighted by atomic mass is 9.90. The van der Waals surface area contributed by atoms with E-state index in [9.17, 15) is 5.11 Å². The van der Waals surface area contributed by atoms with Gasteiger partial charge < -0.3 is 9.84 Å². The molecule has 1 aliphatic heterocycles. The van der Waals surface area contributed by atoms with Gasteiger partial charge in [-0.3, -0.25) is 0 Å². The average molecular weight is 321 g/mol. The van der Waals surface area contributed by atoms with Crippen LogP contribution in [0.25, 0.3) is 10.6 Å². The first-order chi connectivity index (χ1) is 10.2. The summed E-state index contributed by atoms with van der Waals surface area (Å²) < 4.78 is 5.23. The van der Waals surface area contributed by atoms with Gasteiger partial charge in [-0.25, -0.2) is 4.98 Å². The lowest BCUT2D eigenvalue weighted by molar-refractivity contribution is -0.121. The van der Waals surface area contributed by atoms with E-state index >= 15 is 0 Å². The van der Waals surface area contributed by atoms with Crippen molar-refractivity contribution in [3.63, 3.8) is 0 Å². The minimum absolute atomic E-state index is 0.00841. The third-order valence-corrected chi connectivity index (χ3v) is 6.41. The summed E-state index contributed by atoms with van der Waals surface area (Å²) in [5.74, 6) is 1.90. The number of rotatable bonds is 6. The number of aliphatic hydroxyl groups excluding tert-OH is 1. The SMILES string of the molecule is Cc1nc(-c2ccccc2)sc1CSCC1(CO)COC1. The maximum absolute atomic E-state index is 9.44. The highest BCUT2D eigenvalue weighted by Crippen LogP contribution is 2.35. The van der Waals surface area contributed by atoms with E-state index in [0.29, 0.717) is 13.2 Å². The van der Waals surface area contributed by atoms with Crippen LogP contribution < -0.4 is 0 Å². The summed E-state index contributed by atoms with van der Waals surface area (Å²) >= 11 is 3.64. The van der Waals surface area contributed by atoms with E-state index in [1.165, 1.54) is 10.4 Å². The minimum atomic E-state index is -0.00841. The number of aliphatic hydroxyl groups is 1. The van der Waals surface area contributed by atoms with Crippen molar-refractivity contribution in [2.24, 2.45) is 5.41 Å². The lowest BCUT2D eigenvalue weighted by Gasteiger charge is -2.39. The molecule has 2 aromatic rings. The third kappa shape index (κ3) is 3.31. The number of benzene rings is 1. The number of ether oxygens (including phenoxy) is 1. The molecule has 0 aliphatic carbocycles. The molecule has 2 heterocycles. The maximum atomic E-state index is 9.44. The van der Waals surface area contributed by atoms with Crippen molar-refractivity contribution in [3.8, 4) is 10.6 Å². The van der Waals surface area contributed by atoms with Crippen molar-refractivity contribution in [2.45, 2.75) is 12.7 Å². The van der Waals surface area contributed by atoms with Crippen molar-refractivity contribution < 1.29 is 9.84 Å². The quantitative estimate of drug-likeness (QED) is 0.886. The molecule has 3 rings (SSSR count). The van der Waals surface area contributed by atoms with Crippen LogP contribution in [0.1, 0.15) is 10.6 Å². The normalized spacial score (nSPS) is 16.7. The van der Waals surface area contributed by atoms with Gasteiger partial charge in [0, 0.05) is 27.4 Å². The standard InChI is InChI=1S/C16H19NO2S2/c1-12-14(7-20-11-16(8-18)9-19-10-16)21-15(17-12)13-5-3-2-4-6-13/h2-6,18H,7-11H2,1H3. The summed E-state index contributed by atoms with van der Waals surface area (Å²) in [6.45, 7) is 3.67. The van der Waals surface area contributed by atoms with E-state index in [4.69, 9.17) is 4.74 Å². The van der Waals surface area contributed by atoms with Gasteiger partial charge in [-0.1, -0.05) is 30.3 Å². The molecule has 0 amide bonds. The van der Waals surface area contributed by atoms with E-state index < -0.39 is 0 Å². The Morgan fingerprint density at radius 2 is 2.10 bits per heavy atom. The summed E-state index contributed by atoms with van der Waals surface area (Å²) in [7, 11) is 0. The van der Waals surface area contributed by atoms with Gasteiger partial charge in [0.2, 0.25) is 0 Å². The molecule has 0 saturated carbocycles. The van der Waals surface area contributed by atoms with Gasteiger partial charge in [0.15, 0.2) is 0 Å². The number of nitrogens with zero attached hydrogens (tertiary/aromatic N) is 1. The Labute approximate surface area is 133 Å². The number of thiazole rings is 1. The monoisotopic (exact) mass is 321 g/mol. The van der Waals surface area contributed by atoms with Crippen LogP contribution in [0, 0.1) is 12.3 Å². The predicted octanol–water partition coefficient (Wildman–Crippen LogP) is 3.36. The molecule has 1 N–H and O–H groups in total. The van der Waals surface area contributed by atoms with Crippen LogP contribution in [0.15, 0.2) is 30.3 Å². The molecular formula is C16H19NO2S2. The molecule has 1 aromatic heterocycles. The highest BCUT2D eigenvalue weighted by Gasteiger charge is 2.37. The van der Waals surface area contributed by atoms with E-state index in [0.717, 1.165) is 22.2 Å². The van der Waals surface area contributed by atoms with Crippen LogP contribution in [0.2, 0.25) is 0 Å². The molecule has 1 fully saturated rings. The summed E-state index contributed by atoms with van der Waals surface area (Å²) in [4.78, 5) is 6.01. The number of hydrogen-bond donors (Lipinski definition) is 1. The van der Waals surface area contributed by atoms with Gasteiger partial charge in [0.05, 0.1) is 25.5 Å². The Bertz CT molecular complexity index is 588. The van der Waals surface area contributed by atoms with Crippen LogP contribution in [0.3, 0.4) is 0 Å². The van der Waals surface area contributed by atoms with E-state index in [1.54, 1.807) is 11.3 Å². The molecule has 112 valence electrons. The molecule has 3 nitrogen and oxygen atoms in total. The second-order valence-corrected chi connectivity index (χ2v) is 7.61. The second kappa shape index (κ2) is 6.48. The summed E-state index contributed by atoms with van der Waals surface area (Å²) in [6, 6.07) is 10.3. The van der Waals surface area contributed by atoms with Gasteiger partial charge in [-0.05, 0) is 6.92 Å². The van der Waals surface area contributed by atoms with Gasteiger partial charge in [-0.15, -0.1) is 11.3 Å². The van der Waals surface area contributed by atoms with E-state index in [2.05, 4.69) is 24.0 Å². The fourth-order valence-electron chi connectivity index (χ4n) is 2.24. The Morgan fingerprint density at radius 3 is 2.71 bits per heavy atom. The molecule has 1 saturated heterocycles. The maximum Gasteiger partial charge on any atom is 0.123 e. The molecule has 0 spiro atoms. The van der Waals surface area contributed by atoms with E-state index in [-0.39, 0.29) is 12.0 Å². The molecule has 1 aromatic carbocycles. The van der Waals surface area contributed by atoms with Gasteiger partial charge in [0.25, 0.3) is 0 Å². The number of thioether (sulfide) groups is 1. The van der Waals surface area contributed by atoms with Crippen molar-refractivity contribution in [1.82, 2.24) is 4.98 Å². The smallest absolute Gasteiger partial charge is 0.123 e. The zero-order chi connectivity index (χ0) is 14.7. The zero-order valence-electron chi connectivity index (χ0n) is 12.0. The topological polar surface area (TPSA) is 42.4 Å². The van der Waals surface area contributed by atoms with Gasteiger partial charge in [0.1, 0.15) is 5.01 Å². The highest BCUT2D eigenvalue weighted by molar-refractivity contribution is 7.98. The lowest BCUT2D eigenvalue weighted by Crippen LogP contribution is -2.47. The first-order valence-electron chi connectivity index (χ1n) is 7.00. The molecule has 0 bridgehead atoms. The van der Waals surface area contributed by atoms with Crippen LogP contribution in [0.5, 0.6) is 0 Å². The summed E-state index contributed by atoms with van der Waals surface area (Å²) in [6.07, 6.45) is 0. The first kappa shape index (κ1) is 15.0. The number of aryl methyl sites for hydroxylation is 1. The first-order valence-corrected chi connectivity index (χ1v) is 8.98. The Morgan fingerprint density at radius 1 is 1.33 bits per heavy atom. The van der Waals surface area contributed by atoms with Crippen molar-refractivity contribution in [3.05, 3.63) is 40.9 Å². The zero-order valence-corrected chi connectivity index (χ0v) is 13.7. The van der Waals surface area contributed by atoms with Crippen molar-refractivity contribution in [1.29, 1.82) is 0 Å². The van der Waals surface area contributed by atoms with Crippen LogP contribution in [0.4, 0.5) is 0 Å². The fraction of sp³-hybridized carbons (Fsp3) is 0.438. The second-order valence-electron chi connectivity index (χ2n) is 5.54. The third-order valence-electron chi connectivity index (χ3n) is 3.71. The minimum Gasteiger partial charge on any atom is -0.396 e. The van der Waals surface area contributed by atoms with Crippen LogP contribution in [-0.4, -0.2) is 35.7 Å². The summed E-state index contributed by atoms with van der Waals surface area (Å²) in [5.41, 5.74) is 2.29. The number of aromatic nitrogens is 1. The van der Waals surface area contributed by atoms with Gasteiger partial charge in [-0.2, -0.15) is 11.8 Å². The van der Waals surface area contributed by atoms with Crippen LogP contribution in [-0.2, 0) is 10.5 Å². The molecule has 21 heavy (non-hydrogen) atoms. The van der Waals surface area contributed by atoms with Gasteiger partial charge >= 0.3 is 0 Å². The molecule has 5 heteroatoms. The van der Waals surface area contributed by atoms with Crippen molar-refractivity contribution in [2.75, 3.05) is 25.6 Å². The highest BCUT2D eigenvalue weighted by atomic mass is 32.2. The molecule has 0 radical (unpaired) electrons. The average Bonchev–Trinajstić information content (AvgIpc) is 2.84. The Hall–Kier alpha value is -0.880. The molecule has 0 atom stereocenters. The summed E-state index contributed by atoms with van der Waals surface area (Å²) in [5, 5.41) is 10.5. The fourth-order valence-corrected chi connectivity index (χ4v) is 4.77. The Balaban J connectivity index is 1.62. The molecule has 1 aliphatic rings. The van der Waals surface area contributed by atoms with Crippen molar-refractivity contribution >= 4 is 23.1 Å². The predicted molar refractivity (Wildman–Crippen MR) is 88.8 cm³/mol. The molecular weight excluding hydrogens is 302 g/mol.